The largest absolute Gasteiger partial charge is 0.469 e. The number of esters is 1. The summed E-state index contributed by atoms with van der Waals surface area (Å²) in [7, 11) is 1.45. The summed E-state index contributed by atoms with van der Waals surface area (Å²) in [6.07, 6.45) is 12.9. The van der Waals surface area contributed by atoms with Gasteiger partial charge in [-0.1, -0.05) is 35.5 Å². The van der Waals surface area contributed by atoms with E-state index in [2.05, 4.69) is 11.1 Å². The number of carbonyl (C=O) groups is 1. The van der Waals surface area contributed by atoms with E-state index < -0.39 is 5.60 Å². The Bertz CT molecular complexity index is 1010. The van der Waals surface area contributed by atoms with E-state index in [4.69, 9.17) is 25.7 Å². The van der Waals surface area contributed by atoms with Gasteiger partial charge >= 0.3 is 5.97 Å². The number of oxazole rings is 1. The second-order valence-corrected chi connectivity index (χ2v) is 11.0. The Morgan fingerprint density at radius 3 is 2.58 bits per heavy atom. The number of aliphatic imine (C=N–C) groups is 1. The molecule has 0 aromatic carbocycles. The summed E-state index contributed by atoms with van der Waals surface area (Å²) in [5, 5.41) is 11.9. The van der Waals surface area contributed by atoms with Gasteiger partial charge in [-0.15, -0.1) is 0 Å². The normalized spacial score (nSPS) is 25.8. The van der Waals surface area contributed by atoms with Crippen LogP contribution in [0.4, 0.5) is 0 Å². The molecule has 1 aromatic heterocycles. The molecule has 1 N–H and O–H groups in total. The Hall–Kier alpha value is -1.83. The van der Waals surface area contributed by atoms with Crippen LogP contribution in [0.15, 0.2) is 48.7 Å². The second kappa shape index (κ2) is 10.2. The molecule has 1 atom stereocenters. The number of hydrogen-bond donors (Lipinski definition) is 1. The number of dihydropyridines is 1. The molecule has 0 bridgehead atoms. The number of aliphatic hydroxyl groups is 1. The fourth-order valence-corrected chi connectivity index (χ4v) is 5.61. The van der Waals surface area contributed by atoms with E-state index in [1.807, 2.05) is 18.2 Å². The Labute approximate surface area is 204 Å². The molecule has 2 heterocycles. The van der Waals surface area contributed by atoms with Crippen molar-refractivity contribution in [2.45, 2.75) is 74.9 Å². The van der Waals surface area contributed by atoms with Crippen LogP contribution in [0, 0.1) is 5.92 Å². The Morgan fingerprint density at radius 1 is 1.24 bits per heavy atom. The summed E-state index contributed by atoms with van der Waals surface area (Å²) >= 11 is 7.74. The van der Waals surface area contributed by atoms with Gasteiger partial charge in [-0.2, -0.15) is 0 Å². The zero-order valence-corrected chi connectivity index (χ0v) is 20.9. The molecule has 4 rings (SSSR count). The summed E-state index contributed by atoms with van der Waals surface area (Å²) in [4.78, 5) is 22.7. The monoisotopic (exact) mass is 490 g/mol. The lowest BCUT2D eigenvalue weighted by Crippen LogP contribution is -2.31. The molecule has 6 nitrogen and oxygen atoms in total. The molecule has 1 unspecified atom stereocenters. The quantitative estimate of drug-likeness (QED) is 0.501. The van der Waals surface area contributed by atoms with Crippen LogP contribution in [0.25, 0.3) is 0 Å². The lowest BCUT2D eigenvalue weighted by molar-refractivity contribution is -0.146. The van der Waals surface area contributed by atoms with Crippen molar-refractivity contribution in [1.82, 2.24) is 4.98 Å². The predicted molar refractivity (Wildman–Crippen MR) is 131 cm³/mol. The lowest BCUT2D eigenvalue weighted by Gasteiger charge is -2.24. The third-order valence-electron chi connectivity index (χ3n) is 6.45. The third kappa shape index (κ3) is 5.81. The average Bonchev–Trinajstić information content (AvgIpc) is 3.23. The fraction of sp³-hybridized carbons (Fsp3) is 0.560. The van der Waals surface area contributed by atoms with Crippen LogP contribution in [0.3, 0.4) is 0 Å². The second-order valence-electron chi connectivity index (χ2n) is 9.40. The summed E-state index contributed by atoms with van der Waals surface area (Å²) in [6.45, 7) is 4.00. The van der Waals surface area contributed by atoms with Gasteiger partial charge in [-0.25, -0.2) is 4.98 Å². The van der Waals surface area contributed by atoms with Crippen LogP contribution in [0.1, 0.15) is 75.8 Å². The first-order valence-corrected chi connectivity index (χ1v) is 12.7. The topological polar surface area (TPSA) is 84.9 Å². The number of allylic oxidation sites excluding steroid dienone is 4. The molecule has 1 aliphatic heterocycles. The smallest absolute Gasteiger partial charge is 0.308 e. The van der Waals surface area contributed by atoms with Crippen LogP contribution < -0.4 is 0 Å². The van der Waals surface area contributed by atoms with Gasteiger partial charge in [-0.3, -0.25) is 9.79 Å². The minimum Gasteiger partial charge on any atom is -0.469 e. The third-order valence-corrected chi connectivity index (χ3v) is 7.85. The van der Waals surface area contributed by atoms with E-state index in [-0.39, 0.29) is 23.7 Å². The zero-order chi connectivity index (χ0) is 23.6. The molecule has 2 aliphatic carbocycles. The van der Waals surface area contributed by atoms with Crippen molar-refractivity contribution in [3.05, 3.63) is 45.8 Å². The SMILES string of the molecule is COC(=O)C1CCC(c2nc(C3C=CC(C(C)(C)O)=NC3)c(SC3=CC=C(Cl)CC3)o2)CC1. The highest BCUT2D eigenvalue weighted by atomic mass is 35.5. The fourth-order valence-electron chi connectivity index (χ4n) is 4.45. The van der Waals surface area contributed by atoms with Crippen molar-refractivity contribution in [3.63, 3.8) is 0 Å². The van der Waals surface area contributed by atoms with E-state index >= 15 is 0 Å². The Morgan fingerprint density at radius 2 is 2.00 bits per heavy atom. The van der Waals surface area contributed by atoms with Crippen LogP contribution in [0.5, 0.6) is 0 Å². The van der Waals surface area contributed by atoms with E-state index in [0.717, 1.165) is 60.2 Å². The highest BCUT2D eigenvalue weighted by Gasteiger charge is 2.33. The maximum atomic E-state index is 11.9. The van der Waals surface area contributed by atoms with Crippen LogP contribution in [-0.4, -0.2) is 41.0 Å². The number of aromatic nitrogens is 1. The molecule has 0 radical (unpaired) electrons. The van der Waals surface area contributed by atoms with E-state index in [1.54, 1.807) is 25.6 Å². The molecule has 8 heteroatoms. The summed E-state index contributed by atoms with van der Waals surface area (Å²) in [6, 6.07) is 0. The molecular weight excluding hydrogens is 460 g/mol. The highest BCUT2D eigenvalue weighted by Crippen LogP contribution is 2.43. The Balaban J connectivity index is 1.56. The number of thioether (sulfide) groups is 1. The summed E-state index contributed by atoms with van der Waals surface area (Å²) < 4.78 is 11.3. The molecule has 33 heavy (non-hydrogen) atoms. The van der Waals surface area contributed by atoms with Crippen LogP contribution >= 0.6 is 23.4 Å². The number of halogens is 1. The molecule has 1 aromatic rings. The van der Waals surface area contributed by atoms with Gasteiger partial charge in [0.2, 0.25) is 0 Å². The molecule has 178 valence electrons. The minimum atomic E-state index is -0.967. The lowest BCUT2D eigenvalue weighted by atomic mass is 9.82. The van der Waals surface area contributed by atoms with Gasteiger partial charge in [0.1, 0.15) is 11.3 Å². The molecule has 3 aliphatic rings. The number of hydrogen-bond acceptors (Lipinski definition) is 7. The first-order chi connectivity index (χ1) is 15.7. The highest BCUT2D eigenvalue weighted by molar-refractivity contribution is 8.03. The van der Waals surface area contributed by atoms with Gasteiger partial charge in [0.15, 0.2) is 11.0 Å². The maximum absolute atomic E-state index is 11.9. The van der Waals surface area contributed by atoms with Gasteiger partial charge in [0.25, 0.3) is 0 Å². The summed E-state index contributed by atoms with van der Waals surface area (Å²) in [5.74, 6) is 0.768. The van der Waals surface area contributed by atoms with Gasteiger partial charge in [0.05, 0.1) is 25.3 Å². The van der Waals surface area contributed by atoms with Crippen molar-refractivity contribution < 1.29 is 19.1 Å². The van der Waals surface area contributed by atoms with Crippen LogP contribution in [-0.2, 0) is 9.53 Å². The van der Waals surface area contributed by atoms with E-state index in [9.17, 15) is 9.90 Å². The first-order valence-electron chi connectivity index (χ1n) is 11.5. The van der Waals surface area contributed by atoms with E-state index in [0.29, 0.717) is 12.3 Å². The Kier molecular flexibility index (Phi) is 7.51. The van der Waals surface area contributed by atoms with Crippen molar-refractivity contribution in [2.24, 2.45) is 10.9 Å². The standard InChI is InChI=1S/C25H31ClN2O4S/c1-25(2,30)20-13-8-17(14-27-20)21-24(33-19-11-9-18(26)10-12-19)32-22(28-21)15-4-6-16(7-5-15)23(29)31-3/h8-9,11,13,15-17,30H,4-7,10,12,14H2,1-3H3. The van der Waals surface area contributed by atoms with Crippen molar-refractivity contribution >= 4 is 35.0 Å². The number of methoxy groups -OCH3 is 1. The maximum Gasteiger partial charge on any atom is 0.308 e. The van der Waals surface area contributed by atoms with Crippen LogP contribution in [0.2, 0.25) is 0 Å². The molecular formula is C25H31ClN2O4S. The first kappa shape index (κ1) is 24.3. The molecule has 1 fully saturated rings. The van der Waals surface area contributed by atoms with Crippen molar-refractivity contribution in [1.29, 1.82) is 0 Å². The number of rotatable bonds is 6. The predicted octanol–water partition coefficient (Wildman–Crippen LogP) is 5.88. The van der Waals surface area contributed by atoms with Crippen molar-refractivity contribution in [3.8, 4) is 0 Å². The number of carbonyl (C=O) groups excluding carboxylic acids is 1. The number of ether oxygens (including phenoxy) is 1. The zero-order valence-electron chi connectivity index (χ0n) is 19.3. The molecule has 0 amide bonds. The molecule has 1 saturated carbocycles. The van der Waals surface area contributed by atoms with Gasteiger partial charge in [-0.05, 0) is 69.4 Å². The average molecular weight is 491 g/mol. The summed E-state index contributed by atoms with van der Waals surface area (Å²) in [5.41, 5.74) is 0.596. The van der Waals surface area contributed by atoms with Gasteiger partial charge < -0.3 is 14.3 Å². The van der Waals surface area contributed by atoms with E-state index in [1.165, 1.54) is 12.0 Å². The molecule has 0 saturated heterocycles. The van der Waals surface area contributed by atoms with Crippen molar-refractivity contribution in [2.75, 3.05) is 13.7 Å². The molecule has 0 spiro atoms. The van der Waals surface area contributed by atoms with Gasteiger partial charge in [0, 0.05) is 16.9 Å². The number of nitrogens with zero attached hydrogens (tertiary/aromatic N) is 2. The minimum absolute atomic E-state index is 0.00849.